The summed E-state index contributed by atoms with van der Waals surface area (Å²) in [6, 6.07) is 8.03. The number of rotatable bonds is 6. The number of hydrogen-bond acceptors (Lipinski definition) is 3. The van der Waals surface area contributed by atoms with E-state index in [1.807, 2.05) is 0 Å². The van der Waals surface area contributed by atoms with Gasteiger partial charge < -0.3 is 15.1 Å². The summed E-state index contributed by atoms with van der Waals surface area (Å²) >= 11 is 0. The first-order chi connectivity index (χ1) is 13.6. The summed E-state index contributed by atoms with van der Waals surface area (Å²) in [7, 11) is 0. The average Bonchev–Trinajstić information content (AvgIpc) is 2.70. The summed E-state index contributed by atoms with van der Waals surface area (Å²) in [4.78, 5) is 27.7. The largest absolute Gasteiger partial charge is 0.360 e. The molecule has 0 aromatic heterocycles. The molecule has 1 heterocycles. The summed E-state index contributed by atoms with van der Waals surface area (Å²) in [5, 5.41) is 5.28. The van der Waals surface area contributed by atoms with Crippen molar-refractivity contribution in [2.45, 2.75) is 39.0 Å². The van der Waals surface area contributed by atoms with Gasteiger partial charge in [-0.3, -0.25) is 10.1 Å². The number of carbonyl (C=O) groups excluding carboxylic acids is 2. The summed E-state index contributed by atoms with van der Waals surface area (Å²) in [5.74, 6) is -0.200. The van der Waals surface area contributed by atoms with E-state index in [1.165, 1.54) is 34.6 Å². The summed E-state index contributed by atoms with van der Waals surface area (Å²) in [6.45, 7) is 6.72. The molecular formula is C22H33N4O2+. The smallest absolute Gasteiger partial charge is 0.321 e. The number of nitrogens with zero attached hydrogens (tertiary/aromatic N) is 1. The van der Waals surface area contributed by atoms with Crippen molar-refractivity contribution in [1.29, 1.82) is 0 Å². The highest BCUT2D eigenvalue weighted by Gasteiger charge is 2.23. The minimum absolute atomic E-state index is 0.200. The van der Waals surface area contributed by atoms with E-state index in [0.29, 0.717) is 13.1 Å². The predicted molar refractivity (Wildman–Crippen MR) is 112 cm³/mol. The van der Waals surface area contributed by atoms with Crippen LogP contribution < -0.4 is 20.4 Å². The minimum Gasteiger partial charge on any atom is -0.360 e. The number of urea groups is 1. The molecule has 1 aromatic carbocycles. The summed E-state index contributed by atoms with van der Waals surface area (Å²) < 4.78 is 0. The zero-order valence-electron chi connectivity index (χ0n) is 16.9. The number of benzene rings is 1. The molecule has 28 heavy (non-hydrogen) atoms. The van der Waals surface area contributed by atoms with Gasteiger partial charge in [-0.25, -0.2) is 4.79 Å². The lowest BCUT2D eigenvalue weighted by atomic mass is 9.97. The number of carbonyl (C=O) groups is 2. The van der Waals surface area contributed by atoms with Gasteiger partial charge in [0.2, 0.25) is 0 Å². The second-order valence-corrected chi connectivity index (χ2v) is 7.86. The van der Waals surface area contributed by atoms with Crippen molar-refractivity contribution in [1.82, 2.24) is 10.6 Å². The van der Waals surface area contributed by atoms with Crippen LogP contribution in [0.2, 0.25) is 0 Å². The van der Waals surface area contributed by atoms with Crippen molar-refractivity contribution < 1.29 is 14.5 Å². The number of para-hydroxylation sites is 1. The summed E-state index contributed by atoms with van der Waals surface area (Å²) in [5.41, 5.74) is 3.98. The Kier molecular flexibility index (Phi) is 7.48. The molecule has 0 unspecified atom stereocenters. The molecule has 3 N–H and O–H groups in total. The van der Waals surface area contributed by atoms with Crippen LogP contribution in [-0.2, 0) is 4.79 Å². The maximum atomic E-state index is 12.2. The van der Waals surface area contributed by atoms with Gasteiger partial charge in [-0.15, -0.1) is 0 Å². The lowest BCUT2D eigenvalue weighted by Gasteiger charge is -2.34. The number of imide groups is 1. The molecule has 3 amide bonds. The first-order valence-electron chi connectivity index (χ1n) is 10.5. The van der Waals surface area contributed by atoms with Crippen molar-refractivity contribution >= 4 is 17.6 Å². The van der Waals surface area contributed by atoms with Crippen LogP contribution in [0.3, 0.4) is 0 Å². The molecule has 1 aromatic rings. The first-order valence-corrected chi connectivity index (χ1v) is 10.5. The molecule has 6 nitrogen and oxygen atoms in total. The molecule has 1 saturated heterocycles. The van der Waals surface area contributed by atoms with Crippen molar-refractivity contribution in [2.24, 2.45) is 0 Å². The van der Waals surface area contributed by atoms with Crippen LogP contribution in [0.25, 0.3) is 0 Å². The fourth-order valence-corrected chi connectivity index (χ4v) is 4.07. The highest BCUT2D eigenvalue weighted by atomic mass is 16.2. The topological polar surface area (TPSA) is 65.9 Å². The Balaban J connectivity index is 1.33. The van der Waals surface area contributed by atoms with E-state index in [-0.39, 0.29) is 11.9 Å². The molecule has 3 rings (SSSR count). The molecule has 1 aliphatic heterocycles. The van der Waals surface area contributed by atoms with Gasteiger partial charge in [0, 0.05) is 12.2 Å². The molecule has 0 spiro atoms. The fourth-order valence-electron chi connectivity index (χ4n) is 4.07. The molecule has 1 aliphatic carbocycles. The number of hydrogen-bond donors (Lipinski definition) is 3. The van der Waals surface area contributed by atoms with E-state index in [1.54, 1.807) is 0 Å². The van der Waals surface area contributed by atoms with Gasteiger partial charge in [-0.05, 0) is 50.7 Å². The van der Waals surface area contributed by atoms with Crippen LogP contribution in [0.1, 0.15) is 37.7 Å². The Morgan fingerprint density at radius 1 is 1.14 bits per heavy atom. The number of quaternary nitrogens is 1. The van der Waals surface area contributed by atoms with Crippen LogP contribution in [-0.4, -0.2) is 51.2 Å². The average molecular weight is 386 g/mol. The molecule has 152 valence electrons. The molecular weight excluding hydrogens is 352 g/mol. The van der Waals surface area contributed by atoms with Gasteiger partial charge in [0.25, 0.3) is 5.91 Å². The van der Waals surface area contributed by atoms with Crippen molar-refractivity contribution in [2.75, 3.05) is 44.2 Å². The number of allylic oxidation sites excluding steroid dienone is 1. The van der Waals surface area contributed by atoms with Crippen molar-refractivity contribution in [3.63, 3.8) is 0 Å². The van der Waals surface area contributed by atoms with Gasteiger partial charge in [0.05, 0.1) is 26.2 Å². The minimum atomic E-state index is -0.376. The van der Waals surface area contributed by atoms with E-state index < -0.39 is 0 Å². The Labute approximate surface area is 168 Å². The first kappa shape index (κ1) is 20.4. The Morgan fingerprint density at radius 2 is 1.93 bits per heavy atom. The van der Waals surface area contributed by atoms with E-state index in [0.717, 1.165) is 45.4 Å². The Morgan fingerprint density at radius 3 is 2.64 bits per heavy atom. The van der Waals surface area contributed by atoms with E-state index >= 15 is 0 Å². The van der Waals surface area contributed by atoms with Crippen molar-refractivity contribution in [3.05, 3.63) is 41.5 Å². The van der Waals surface area contributed by atoms with Crippen LogP contribution in [0.15, 0.2) is 35.9 Å². The van der Waals surface area contributed by atoms with E-state index in [4.69, 9.17) is 0 Å². The number of piperazine rings is 1. The maximum Gasteiger partial charge on any atom is 0.321 e. The third-order valence-electron chi connectivity index (χ3n) is 5.71. The quantitative estimate of drug-likeness (QED) is 0.649. The summed E-state index contributed by atoms with van der Waals surface area (Å²) in [6.07, 6.45) is 7.98. The molecule has 2 aliphatic rings. The monoisotopic (exact) mass is 385 g/mol. The van der Waals surface area contributed by atoms with Crippen molar-refractivity contribution in [3.8, 4) is 0 Å². The predicted octanol–water partition coefficient (Wildman–Crippen LogP) is 1.42. The van der Waals surface area contributed by atoms with Crippen LogP contribution in [0.5, 0.6) is 0 Å². The molecule has 0 saturated carbocycles. The zero-order chi connectivity index (χ0) is 19.8. The number of anilines is 1. The standard InChI is InChI=1S/C22H32N4O2/c1-18-7-5-6-10-20(18)26-15-13-25(14-16-26)17-21(27)24-22(28)23-12-11-19-8-3-2-4-9-19/h5-8,10H,2-4,9,11-17H2,1H3,(H2,23,24,27,28)/p+1. The van der Waals surface area contributed by atoms with Gasteiger partial charge in [0.15, 0.2) is 6.54 Å². The molecule has 6 heteroatoms. The molecule has 0 radical (unpaired) electrons. The lowest BCUT2D eigenvalue weighted by Crippen LogP contribution is -3.16. The number of aryl methyl sites for hydroxylation is 1. The second-order valence-electron chi connectivity index (χ2n) is 7.86. The normalized spacial score (nSPS) is 17.8. The third-order valence-corrected chi connectivity index (χ3v) is 5.71. The van der Waals surface area contributed by atoms with Gasteiger partial charge in [-0.2, -0.15) is 0 Å². The van der Waals surface area contributed by atoms with Crippen LogP contribution in [0.4, 0.5) is 10.5 Å². The van der Waals surface area contributed by atoms with Crippen LogP contribution >= 0.6 is 0 Å². The van der Waals surface area contributed by atoms with E-state index in [9.17, 15) is 9.59 Å². The van der Waals surface area contributed by atoms with Gasteiger partial charge in [0.1, 0.15) is 0 Å². The molecule has 0 atom stereocenters. The highest BCUT2D eigenvalue weighted by molar-refractivity contribution is 5.94. The second kappa shape index (κ2) is 10.3. The third kappa shape index (κ3) is 6.09. The highest BCUT2D eigenvalue weighted by Crippen LogP contribution is 2.19. The number of amides is 3. The Hall–Kier alpha value is -2.34. The van der Waals surface area contributed by atoms with E-state index in [2.05, 4.69) is 52.8 Å². The van der Waals surface area contributed by atoms with Gasteiger partial charge in [-0.1, -0.05) is 29.8 Å². The Bertz CT molecular complexity index is 708. The fraction of sp³-hybridized carbons (Fsp3) is 0.545. The molecule has 0 bridgehead atoms. The lowest BCUT2D eigenvalue weighted by molar-refractivity contribution is -0.892. The SMILES string of the molecule is Cc1ccccc1N1CC[NH+](CC(=O)NC(=O)NCCC2=CCCCC2)CC1. The maximum absolute atomic E-state index is 12.2. The van der Waals surface area contributed by atoms with Gasteiger partial charge >= 0.3 is 6.03 Å². The van der Waals surface area contributed by atoms with Crippen LogP contribution in [0, 0.1) is 6.92 Å². The number of nitrogens with one attached hydrogen (secondary N) is 3. The zero-order valence-corrected chi connectivity index (χ0v) is 16.9. The molecule has 1 fully saturated rings.